The molecular formula is C15H26N4O2. The summed E-state index contributed by atoms with van der Waals surface area (Å²) in [6.45, 7) is 3.57. The van der Waals surface area contributed by atoms with Gasteiger partial charge in [-0.05, 0) is 32.9 Å². The zero-order valence-electron chi connectivity index (χ0n) is 13.3. The first-order valence-corrected chi connectivity index (χ1v) is 7.79. The van der Waals surface area contributed by atoms with Crippen LogP contribution in [0, 0.1) is 6.92 Å². The number of carbonyl (C=O) groups is 1. The molecule has 0 aliphatic carbocycles. The minimum Gasteiger partial charge on any atom is -0.345 e. The first-order valence-electron chi connectivity index (χ1n) is 7.79. The molecule has 0 N–H and O–H groups in total. The maximum absolute atomic E-state index is 12.2. The third-order valence-electron chi connectivity index (χ3n) is 4.28. The fraction of sp³-hybridized carbons (Fsp3) is 0.800. The maximum Gasteiger partial charge on any atom is 0.223 e. The molecule has 1 fully saturated rings. The predicted molar refractivity (Wildman–Crippen MR) is 79.9 cm³/mol. The minimum absolute atomic E-state index is 0.203. The van der Waals surface area contributed by atoms with Crippen molar-refractivity contribution in [2.24, 2.45) is 0 Å². The largest absolute Gasteiger partial charge is 0.345 e. The van der Waals surface area contributed by atoms with Gasteiger partial charge in [-0.25, -0.2) is 0 Å². The van der Waals surface area contributed by atoms with Crippen LogP contribution in [0.3, 0.4) is 0 Å². The first kappa shape index (κ1) is 15.9. The molecule has 0 aromatic carbocycles. The summed E-state index contributed by atoms with van der Waals surface area (Å²) in [5.74, 6) is 1.44. The number of rotatable bonds is 6. The quantitative estimate of drug-likeness (QED) is 0.798. The van der Waals surface area contributed by atoms with Crippen LogP contribution >= 0.6 is 0 Å². The molecule has 0 spiro atoms. The van der Waals surface area contributed by atoms with Crippen LogP contribution in [-0.4, -0.2) is 59.1 Å². The average Bonchev–Trinajstić information content (AvgIpc) is 2.89. The second kappa shape index (κ2) is 7.54. The number of piperidine rings is 1. The van der Waals surface area contributed by atoms with Crippen LogP contribution in [0.1, 0.15) is 43.8 Å². The molecule has 1 aliphatic rings. The normalized spacial score (nSPS) is 19.7. The fourth-order valence-corrected chi connectivity index (χ4v) is 2.83. The molecular weight excluding hydrogens is 268 g/mol. The van der Waals surface area contributed by atoms with Crippen molar-refractivity contribution in [1.82, 2.24) is 19.9 Å². The highest BCUT2D eigenvalue weighted by Crippen LogP contribution is 2.19. The summed E-state index contributed by atoms with van der Waals surface area (Å²) in [5, 5.41) is 3.85. The van der Waals surface area contributed by atoms with Crippen molar-refractivity contribution in [2.75, 3.05) is 27.2 Å². The highest BCUT2D eigenvalue weighted by molar-refractivity contribution is 5.75. The molecule has 0 saturated carbocycles. The Labute approximate surface area is 126 Å². The van der Waals surface area contributed by atoms with Crippen LogP contribution in [0.25, 0.3) is 0 Å². The van der Waals surface area contributed by atoms with E-state index in [-0.39, 0.29) is 5.91 Å². The maximum atomic E-state index is 12.2. The summed E-state index contributed by atoms with van der Waals surface area (Å²) < 4.78 is 4.93. The van der Waals surface area contributed by atoms with Crippen LogP contribution in [0.4, 0.5) is 0 Å². The van der Waals surface area contributed by atoms with Gasteiger partial charge in [-0.15, -0.1) is 0 Å². The number of nitrogens with zero attached hydrogens (tertiary/aromatic N) is 4. The van der Waals surface area contributed by atoms with E-state index in [9.17, 15) is 4.79 Å². The lowest BCUT2D eigenvalue weighted by atomic mass is 9.98. The number of likely N-dealkylation sites (tertiary alicyclic amines) is 1. The minimum atomic E-state index is 0.203. The van der Waals surface area contributed by atoms with Gasteiger partial charge in [0, 0.05) is 39.4 Å². The van der Waals surface area contributed by atoms with Crippen LogP contribution < -0.4 is 0 Å². The Balaban J connectivity index is 1.69. The number of hydrogen-bond acceptors (Lipinski definition) is 5. The molecule has 1 amide bonds. The lowest BCUT2D eigenvalue weighted by Crippen LogP contribution is -2.37. The van der Waals surface area contributed by atoms with Crippen LogP contribution in [0.5, 0.6) is 0 Å². The second-order valence-corrected chi connectivity index (χ2v) is 5.96. The van der Waals surface area contributed by atoms with Crippen molar-refractivity contribution >= 4 is 5.91 Å². The van der Waals surface area contributed by atoms with E-state index in [1.165, 1.54) is 19.3 Å². The van der Waals surface area contributed by atoms with E-state index in [1.54, 1.807) is 11.8 Å². The smallest absolute Gasteiger partial charge is 0.223 e. The van der Waals surface area contributed by atoms with E-state index in [0.29, 0.717) is 37.1 Å². The summed E-state index contributed by atoms with van der Waals surface area (Å²) in [6.07, 6.45) is 6.01. The van der Waals surface area contributed by atoms with Crippen molar-refractivity contribution in [3.05, 3.63) is 11.7 Å². The van der Waals surface area contributed by atoms with Gasteiger partial charge in [-0.2, -0.15) is 4.98 Å². The summed E-state index contributed by atoms with van der Waals surface area (Å²) in [4.78, 5) is 20.5. The number of amides is 1. The van der Waals surface area contributed by atoms with Crippen molar-refractivity contribution < 1.29 is 9.32 Å². The lowest BCUT2D eigenvalue weighted by Gasteiger charge is -2.32. The van der Waals surface area contributed by atoms with Gasteiger partial charge >= 0.3 is 0 Å². The standard InChI is InChI=1S/C15H26N4O2/c1-12-16-14(17-21-12)9-11-19(3)15(20)8-7-13-6-4-5-10-18(13)2/h13H,4-11H2,1-3H3/t13-/m0/s1. The summed E-state index contributed by atoms with van der Waals surface area (Å²) >= 11 is 0. The number of carbonyl (C=O) groups excluding carboxylic acids is 1. The Hall–Kier alpha value is -1.43. The van der Waals surface area contributed by atoms with Gasteiger partial charge in [0.1, 0.15) is 0 Å². The molecule has 0 radical (unpaired) electrons. The Morgan fingerprint density at radius 2 is 2.29 bits per heavy atom. The van der Waals surface area contributed by atoms with E-state index in [2.05, 4.69) is 22.1 Å². The highest BCUT2D eigenvalue weighted by Gasteiger charge is 2.20. The monoisotopic (exact) mass is 294 g/mol. The van der Waals surface area contributed by atoms with E-state index < -0.39 is 0 Å². The van der Waals surface area contributed by atoms with Crippen LogP contribution in [-0.2, 0) is 11.2 Å². The van der Waals surface area contributed by atoms with Crippen LogP contribution in [0.15, 0.2) is 4.52 Å². The summed E-state index contributed by atoms with van der Waals surface area (Å²) in [7, 11) is 4.01. The number of aryl methyl sites for hydroxylation is 1. The van der Waals surface area contributed by atoms with Crippen molar-refractivity contribution in [1.29, 1.82) is 0 Å². The third-order valence-corrected chi connectivity index (χ3v) is 4.28. The van der Waals surface area contributed by atoms with E-state index in [0.717, 1.165) is 13.0 Å². The second-order valence-electron chi connectivity index (χ2n) is 5.96. The molecule has 118 valence electrons. The number of hydrogen-bond donors (Lipinski definition) is 0. The predicted octanol–water partition coefficient (Wildman–Crippen LogP) is 1.64. The number of likely N-dealkylation sites (N-methyl/N-ethyl adjacent to an activating group) is 1. The van der Waals surface area contributed by atoms with Crippen molar-refractivity contribution in [3.8, 4) is 0 Å². The van der Waals surface area contributed by atoms with E-state index in [4.69, 9.17) is 4.52 Å². The molecule has 0 unspecified atom stereocenters. The third kappa shape index (κ3) is 4.81. The highest BCUT2D eigenvalue weighted by atomic mass is 16.5. The molecule has 2 heterocycles. The van der Waals surface area contributed by atoms with Gasteiger partial charge in [0.05, 0.1) is 0 Å². The first-order chi connectivity index (χ1) is 10.1. The van der Waals surface area contributed by atoms with Gasteiger partial charge in [0.2, 0.25) is 11.8 Å². The van der Waals surface area contributed by atoms with Gasteiger partial charge in [0.25, 0.3) is 0 Å². The zero-order chi connectivity index (χ0) is 15.2. The molecule has 21 heavy (non-hydrogen) atoms. The van der Waals surface area contributed by atoms with Gasteiger partial charge < -0.3 is 14.3 Å². The molecule has 1 atom stereocenters. The van der Waals surface area contributed by atoms with E-state index in [1.807, 2.05) is 7.05 Å². The molecule has 1 saturated heterocycles. The Bertz CT molecular complexity index is 460. The van der Waals surface area contributed by atoms with Gasteiger partial charge in [-0.1, -0.05) is 11.6 Å². The molecule has 2 rings (SSSR count). The van der Waals surface area contributed by atoms with Crippen molar-refractivity contribution in [2.45, 2.75) is 51.5 Å². The molecule has 6 heteroatoms. The zero-order valence-corrected chi connectivity index (χ0v) is 13.3. The Morgan fingerprint density at radius 1 is 1.48 bits per heavy atom. The van der Waals surface area contributed by atoms with E-state index >= 15 is 0 Å². The van der Waals surface area contributed by atoms with Crippen LogP contribution in [0.2, 0.25) is 0 Å². The Morgan fingerprint density at radius 3 is 2.95 bits per heavy atom. The number of aromatic nitrogens is 2. The molecule has 1 aromatic rings. The SMILES string of the molecule is Cc1nc(CCN(C)C(=O)CC[C@@H]2CCCCN2C)no1. The molecule has 1 aliphatic heterocycles. The summed E-state index contributed by atoms with van der Waals surface area (Å²) in [5.41, 5.74) is 0. The molecule has 1 aromatic heterocycles. The lowest BCUT2D eigenvalue weighted by molar-refractivity contribution is -0.130. The Kier molecular flexibility index (Phi) is 5.73. The summed E-state index contributed by atoms with van der Waals surface area (Å²) in [6, 6.07) is 0.566. The van der Waals surface area contributed by atoms with Gasteiger partial charge in [0.15, 0.2) is 5.82 Å². The van der Waals surface area contributed by atoms with Gasteiger partial charge in [-0.3, -0.25) is 4.79 Å². The van der Waals surface area contributed by atoms with Crippen molar-refractivity contribution in [3.63, 3.8) is 0 Å². The molecule has 6 nitrogen and oxygen atoms in total. The molecule has 0 bridgehead atoms. The average molecular weight is 294 g/mol. The fourth-order valence-electron chi connectivity index (χ4n) is 2.83. The topological polar surface area (TPSA) is 62.5 Å².